The summed E-state index contributed by atoms with van der Waals surface area (Å²) < 4.78 is 95.6. The lowest BCUT2D eigenvalue weighted by Crippen LogP contribution is -2.44. The third-order valence-corrected chi connectivity index (χ3v) is 5.23. The first-order valence-corrected chi connectivity index (χ1v) is 9.56. The minimum absolute atomic E-state index is 0.0287. The Morgan fingerprint density at radius 1 is 0.871 bits per heavy atom. The highest BCUT2D eigenvalue weighted by atomic mass is 19.4. The molecule has 3 rings (SSSR count). The Balaban J connectivity index is 2.12. The summed E-state index contributed by atoms with van der Waals surface area (Å²) in [6, 6.07) is 8.58. The summed E-state index contributed by atoms with van der Waals surface area (Å²) in [6.07, 6.45) is -1.15. The Labute approximate surface area is 173 Å². The lowest BCUT2D eigenvalue weighted by Gasteiger charge is -2.31. The first-order valence-electron chi connectivity index (χ1n) is 9.56. The van der Waals surface area contributed by atoms with Crippen LogP contribution in [-0.2, 0) is 11.0 Å². The van der Waals surface area contributed by atoms with E-state index in [0.717, 1.165) is 0 Å². The first kappa shape index (κ1) is 22.8. The van der Waals surface area contributed by atoms with Crippen LogP contribution in [-0.4, -0.2) is 11.3 Å². The normalized spacial score (nSPS) is 20.2. The molecule has 1 fully saturated rings. The second-order valence-electron chi connectivity index (χ2n) is 7.33. The number of rotatable bonds is 4. The molecule has 0 heterocycles. The van der Waals surface area contributed by atoms with Gasteiger partial charge in [-0.3, -0.25) is 4.79 Å². The largest absolute Gasteiger partial charge is 0.422 e. The molecule has 1 N–H and O–H groups in total. The van der Waals surface area contributed by atoms with Gasteiger partial charge in [-0.2, -0.15) is 13.2 Å². The molecule has 0 saturated heterocycles. The average molecular weight is 445 g/mol. The van der Waals surface area contributed by atoms with Crippen molar-refractivity contribution in [1.29, 1.82) is 0 Å². The highest BCUT2D eigenvalue weighted by molar-refractivity contribution is 5.94. The van der Waals surface area contributed by atoms with Crippen molar-refractivity contribution in [3.8, 4) is 0 Å². The van der Waals surface area contributed by atoms with Gasteiger partial charge in [-0.25, -0.2) is 17.6 Å². The van der Waals surface area contributed by atoms with Crippen LogP contribution in [0.4, 0.5) is 36.4 Å². The van der Waals surface area contributed by atoms with Crippen molar-refractivity contribution >= 4 is 17.5 Å². The average Bonchev–Trinajstić information content (AvgIpc) is 2.90. The fraction of sp³-hybridized carbons (Fsp3) is 0.318. The third-order valence-electron chi connectivity index (χ3n) is 5.23. The quantitative estimate of drug-likeness (QED) is 0.324. The molecular weight excluding hydrogens is 427 g/mol. The van der Waals surface area contributed by atoms with E-state index in [0.29, 0.717) is 24.8 Å². The lowest BCUT2D eigenvalue weighted by atomic mass is 9.87. The Morgan fingerprint density at radius 3 is 2.06 bits per heavy atom. The van der Waals surface area contributed by atoms with E-state index in [1.54, 1.807) is 30.3 Å². The Morgan fingerprint density at radius 2 is 1.48 bits per heavy atom. The number of benzene rings is 2. The first-order chi connectivity index (χ1) is 14.6. The molecule has 0 unspecified atom stereocenters. The molecule has 0 aliphatic heterocycles. The minimum atomic E-state index is -5.64. The van der Waals surface area contributed by atoms with Crippen molar-refractivity contribution in [1.82, 2.24) is 0 Å². The summed E-state index contributed by atoms with van der Waals surface area (Å²) in [7, 11) is 0. The molecule has 166 valence electrons. The number of Topliss-reactive ketones (excluding diaryl/α,β-unsaturated/α-hetero) is 1. The molecule has 1 aliphatic carbocycles. The van der Waals surface area contributed by atoms with Crippen LogP contribution in [0.1, 0.15) is 43.2 Å². The molecule has 0 aromatic heterocycles. The molecule has 0 amide bonds. The van der Waals surface area contributed by atoms with Gasteiger partial charge in [0.25, 0.3) is 0 Å². The van der Waals surface area contributed by atoms with E-state index in [-0.39, 0.29) is 12.8 Å². The van der Waals surface area contributed by atoms with E-state index in [2.05, 4.69) is 5.32 Å². The van der Waals surface area contributed by atoms with Gasteiger partial charge in [-0.15, -0.1) is 0 Å². The maximum absolute atomic E-state index is 14.5. The molecule has 0 radical (unpaired) electrons. The van der Waals surface area contributed by atoms with Crippen LogP contribution in [0.25, 0.3) is 6.08 Å². The van der Waals surface area contributed by atoms with E-state index in [4.69, 9.17) is 0 Å². The second kappa shape index (κ2) is 8.72. The molecule has 0 spiro atoms. The Hall–Kier alpha value is -2.84. The maximum Gasteiger partial charge on any atom is 0.422 e. The molecular formula is C22H18F7NO. The van der Waals surface area contributed by atoms with Gasteiger partial charge in [-0.05, 0) is 18.4 Å². The van der Waals surface area contributed by atoms with Crippen molar-refractivity contribution in [2.75, 3.05) is 5.32 Å². The molecule has 1 saturated carbocycles. The van der Waals surface area contributed by atoms with Crippen molar-refractivity contribution in [3.63, 3.8) is 0 Å². The Kier molecular flexibility index (Phi) is 6.43. The van der Waals surface area contributed by atoms with E-state index >= 15 is 0 Å². The standard InChI is InChI=1S/C22H18F7NO/c23-16-15(22(27,28)29)17(24)19(26)20(18(16)25)30-21(11-6-2-5-9-14(21)31)12-10-13-7-3-1-4-8-13/h1,3-4,7-8,10,12,30H,2,5-6,9,11H2/b12-10+/t21-/m0/s1. The van der Waals surface area contributed by atoms with Crippen LogP contribution in [0, 0.1) is 23.3 Å². The van der Waals surface area contributed by atoms with Crippen LogP contribution in [0.5, 0.6) is 0 Å². The van der Waals surface area contributed by atoms with Gasteiger partial charge in [0.05, 0.1) is 0 Å². The van der Waals surface area contributed by atoms with Crippen molar-refractivity contribution in [3.05, 3.63) is 70.8 Å². The topological polar surface area (TPSA) is 29.1 Å². The van der Waals surface area contributed by atoms with E-state index in [9.17, 15) is 35.5 Å². The highest BCUT2D eigenvalue weighted by Crippen LogP contribution is 2.40. The number of nitrogens with one attached hydrogen (secondary N) is 1. The number of alkyl halides is 3. The zero-order chi connectivity index (χ0) is 22.8. The summed E-state index contributed by atoms with van der Waals surface area (Å²) in [5, 5.41) is 2.22. The smallest absolute Gasteiger partial charge is 0.365 e. The van der Waals surface area contributed by atoms with Crippen LogP contribution >= 0.6 is 0 Å². The highest BCUT2D eigenvalue weighted by Gasteiger charge is 2.44. The minimum Gasteiger partial charge on any atom is -0.365 e. The molecule has 2 aromatic carbocycles. The molecule has 2 nitrogen and oxygen atoms in total. The van der Waals surface area contributed by atoms with Gasteiger partial charge < -0.3 is 5.32 Å². The number of hydrogen-bond donors (Lipinski definition) is 1. The van der Waals surface area contributed by atoms with Crippen LogP contribution < -0.4 is 5.32 Å². The summed E-state index contributed by atoms with van der Waals surface area (Å²) >= 11 is 0. The zero-order valence-electron chi connectivity index (χ0n) is 16.1. The van der Waals surface area contributed by atoms with Gasteiger partial charge in [0.2, 0.25) is 0 Å². The zero-order valence-corrected chi connectivity index (χ0v) is 16.1. The number of halogens is 7. The fourth-order valence-electron chi connectivity index (χ4n) is 3.59. The van der Waals surface area contributed by atoms with E-state index in [1.807, 2.05) is 0 Å². The second-order valence-corrected chi connectivity index (χ2v) is 7.33. The van der Waals surface area contributed by atoms with E-state index in [1.165, 1.54) is 12.2 Å². The predicted molar refractivity (Wildman–Crippen MR) is 101 cm³/mol. The summed E-state index contributed by atoms with van der Waals surface area (Å²) in [4.78, 5) is 12.9. The molecule has 9 heteroatoms. The molecule has 31 heavy (non-hydrogen) atoms. The maximum atomic E-state index is 14.5. The molecule has 2 aromatic rings. The van der Waals surface area contributed by atoms with Gasteiger partial charge in [0.15, 0.2) is 29.1 Å². The SMILES string of the molecule is O=C1CCCCC[C@@]1(/C=C/c1ccccc1)Nc1c(F)c(F)c(C(F)(F)F)c(F)c1F. The van der Waals surface area contributed by atoms with Crippen molar-refractivity contribution in [2.24, 2.45) is 0 Å². The van der Waals surface area contributed by atoms with Gasteiger partial charge in [-0.1, -0.05) is 55.3 Å². The van der Waals surface area contributed by atoms with Crippen molar-refractivity contribution in [2.45, 2.75) is 43.8 Å². The summed E-state index contributed by atoms with van der Waals surface area (Å²) in [6.45, 7) is 0. The summed E-state index contributed by atoms with van der Waals surface area (Å²) in [5.41, 5.74) is -5.20. The van der Waals surface area contributed by atoms with Crippen LogP contribution in [0.15, 0.2) is 36.4 Å². The van der Waals surface area contributed by atoms with Crippen molar-refractivity contribution < 1.29 is 35.5 Å². The fourth-order valence-corrected chi connectivity index (χ4v) is 3.59. The van der Waals surface area contributed by atoms with Crippen LogP contribution in [0.2, 0.25) is 0 Å². The van der Waals surface area contributed by atoms with E-state index < -0.39 is 52.0 Å². The van der Waals surface area contributed by atoms with Gasteiger partial charge in [0.1, 0.15) is 16.8 Å². The number of ketones is 1. The Bertz CT molecular complexity index is 972. The third kappa shape index (κ3) is 4.60. The lowest BCUT2D eigenvalue weighted by molar-refractivity contribution is -0.143. The van der Waals surface area contributed by atoms with Crippen LogP contribution in [0.3, 0.4) is 0 Å². The number of hydrogen-bond acceptors (Lipinski definition) is 2. The number of anilines is 1. The molecule has 0 bridgehead atoms. The number of carbonyl (C=O) groups is 1. The van der Waals surface area contributed by atoms with Gasteiger partial charge >= 0.3 is 6.18 Å². The molecule has 1 aliphatic rings. The summed E-state index contributed by atoms with van der Waals surface area (Å²) in [5.74, 6) is -10.1. The predicted octanol–water partition coefficient (Wildman–Crippen LogP) is 6.66. The van der Waals surface area contributed by atoms with Gasteiger partial charge in [0, 0.05) is 6.42 Å². The number of carbonyl (C=O) groups excluding carboxylic acids is 1. The monoisotopic (exact) mass is 445 g/mol. The molecule has 1 atom stereocenters.